The van der Waals surface area contributed by atoms with Gasteiger partial charge in [0.2, 0.25) is 0 Å². The van der Waals surface area contributed by atoms with E-state index in [9.17, 15) is 0 Å². The summed E-state index contributed by atoms with van der Waals surface area (Å²) in [7, 11) is 0. The third-order valence-electron chi connectivity index (χ3n) is 11.7. The van der Waals surface area contributed by atoms with Gasteiger partial charge in [0.25, 0.3) is 0 Å². The van der Waals surface area contributed by atoms with E-state index in [-0.39, 0.29) is 5.41 Å². The first-order valence-corrected chi connectivity index (χ1v) is 19.5. The van der Waals surface area contributed by atoms with Crippen LogP contribution in [-0.4, -0.2) is 0 Å². The second-order valence-corrected chi connectivity index (χ2v) is 15.3. The Bertz CT molecular complexity index is 2850. The molecule has 0 heterocycles. The topological polar surface area (TPSA) is 3.24 Å². The van der Waals surface area contributed by atoms with Crippen molar-refractivity contribution in [3.8, 4) is 55.6 Å². The van der Waals surface area contributed by atoms with Crippen LogP contribution >= 0.6 is 0 Å². The van der Waals surface area contributed by atoms with Crippen LogP contribution < -0.4 is 4.90 Å². The van der Waals surface area contributed by atoms with Crippen LogP contribution in [0.15, 0.2) is 212 Å². The van der Waals surface area contributed by atoms with Gasteiger partial charge in [-0.2, -0.15) is 0 Å². The first kappa shape index (κ1) is 33.6. The van der Waals surface area contributed by atoms with Crippen molar-refractivity contribution in [2.45, 2.75) is 19.3 Å². The predicted octanol–water partition coefficient (Wildman–Crippen LogP) is 15.3. The van der Waals surface area contributed by atoms with Crippen LogP contribution in [0, 0.1) is 0 Å². The molecule has 9 aromatic rings. The Morgan fingerprint density at radius 3 is 1.43 bits per heavy atom. The van der Waals surface area contributed by atoms with Gasteiger partial charge in [0.15, 0.2) is 0 Å². The lowest BCUT2D eigenvalue weighted by Crippen LogP contribution is -2.17. The monoisotopic (exact) mass is 715 g/mol. The number of nitrogens with zero attached hydrogens (tertiary/aromatic N) is 1. The van der Waals surface area contributed by atoms with Gasteiger partial charge in [-0.15, -0.1) is 0 Å². The van der Waals surface area contributed by atoms with Crippen molar-refractivity contribution in [1.29, 1.82) is 0 Å². The molecule has 0 bridgehead atoms. The third kappa shape index (κ3) is 5.63. The molecule has 56 heavy (non-hydrogen) atoms. The molecule has 1 aliphatic carbocycles. The molecule has 10 rings (SSSR count). The fraction of sp³-hybridized carbons (Fsp3) is 0.0545. The summed E-state index contributed by atoms with van der Waals surface area (Å²) in [6.07, 6.45) is 0. The van der Waals surface area contributed by atoms with Crippen molar-refractivity contribution in [3.63, 3.8) is 0 Å². The van der Waals surface area contributed by atoms with Crippen LogP contribution in [-0.2, 0) is 5.41 Å². The largest absolute Gasteiger partial charge is 0.309 e. The molecule has 0 spiro atoms. The summed E-state index contributed by atoms with van der Waals surface area (Å²) in [5.41, 5.74) is 18.2. The molecule has 0 amide bonds. The highest BCUT2D eigenvalue weighted by molar-refractivity contribution is 6.07. The summed E-state index contributed by atoms with van der Waals surface area (Å²) in [6.45, 7) is 4.74. The molecule has 0 saturated heterocycles. The molecular weight excluding hydrogens is 675 g/mol. The van der Waals surface area contributed by atoms with Crippen LogP contribution in [0.1, 0.15) is 25.0 Å². The molecular formula is C55H41N. The fourth-order valence-corrected chi connectivity index (χ4v) is 8.94. The summed E-state index contributed by atoms with van der Waals surface area (Å²) >= 11 is 0. The van der Waals surface area contributed by atoms with Gasteiger partial charge in [0, 0.05) is 22.2 Å². The van der Waals surface area contributed by atoms with Gasteiger partial charge in [-0.3, -0.25) is 0 Å². The van der Waals surface area contributed by atoms with Crippen molar-refractivity contribution >= 4 is 27.8 Å². The third-order valence-corrected chi connectivity index (χ3v) is 11.7. The Morgan fingerprint density at radius 1 is 0.321 bits per heavy atom. The highest BCUT2D eigenvalue weighted by atomic mass is 15.1. The molecule has 1 heteroatoms. The van der Waals surface area contributed by atoms with Crippen LogP contribution in [0.25, 0.3) is 66.4 Å². The second kappa shape index (κ2) is 13.7. The Morgan fingerprint density at radius 2 is 0.804 bits per heavy atom. The van der Waals surface area contributed by atoms with Crippen molar-refractivity contribution in [1.82, 2.24) is 0 Å². The van der Waals surface area contributed by atoms with E-state index in [0.717, 1.165) is 17.1 Å². The average molecular weight is 716 g/mol. The molecule has 0 radical (unpaired) electrons. The second-order valence-electron chi connectivity index (χ2n) is 15.3. The van der Waals surface area contributed by atoms with E-state index < -0.39 is 0 Å². The summed E-state index contributed by atoms with van der Waals surface area (Å²) in [4.78, 5) is 2.49. The maximum Gasteiger partial charge on any atom is 0.0543 e. The summed E-state index contributed by atoms with van der Waals surface area (Å²) < 4.78 is 0. The molecule has 0 N–H and O–H groups in total. The standard InChI is InChI=1S/C55H41N/c1-55(2)50-30-14-12-27-47(50)49-36-48(40-22-10-5-11-23-40)53(37-51(49)55)56(52-31-15-13-26-44(52)38-18-6-3-7-19-38)43-34-32-41(33-35-43)46-29-17-25-42-24-16-28-45(54(42)46)39-20-8-4-9-21-39/h3-37H,1-2H3. The molecule has 0 aromatic heterocycles. The zero-order chi connectivity index (χ0) is 37.6. The van der Waals surface area contributed by atoms with E-state index in [1.165, 1.54) is 77.5 Å². The lowest BCUT2D eigenvalue weighted by molar-refractivity contribution is 0.660. The Hall–Kier alpha value is -6.96. The minimum atomic E-state index is -0.158. The zero-order valence-corrected chi connectivity index (χ0v) is 31.7. The molecule has 1 aliphatic rings. The number of anilines is 3. The van der Waals surface area contributed by atoms with Crippen molar-refractivity contribution < 1.29 is 0 Å². The summed E-state index contributed by atoms with van der Waals surface area (Å²) in [6, 6.07) is 77.6. The molecule has 0 atom stereocenters. The highest BCUT2D eigenvalue weighted by Crippen LogP contribution is 2.54. The molecule has 266 valence electrons. The normalized spacial score (nSPS) is 12.6. The van der Waals surface area contributed by atoms with Crippen molar-refractivity contribution in [2.24, 2.45) is 0 Å². The number of hydrogen-bond donors (Lipinski definition) is 0. The first-order chi connectivity index (χ1) is 27.6. The van der Waals surface area contributed by atoms with Crippen LogP contribution in [0.2, 0.25) is 0 Å². The molecule has 0 unspecified atom stereocenters. The molecule has 1 nitrogen and oxygen atoms in total. The van der Waals surface area contributed by atoms with E-state index >= 15 is 0 Å². The smallest absolute Gasteiger partial charge is 0.0543 e. The maximum atomic E-state index is 2.49. The molecule has 9 aromatic carbocycles. The SMILES string of the molecule is CC1(C)c2ccccc2-c2cc(-c3ccccc3)c(N(c3ccc(-c4cccc5cccc(-c6ccccc6)c45)cc3)c3ccccc3-c3ccccc3)cc21. The fourth-order valence-electron chi connectivity index (χ4n) is 8.94. The Labute approximate surface area is 329 Å². The van der Waals surface area contributed by atoms with E-state index in [1.54, 1.807) is 0 Å². The van der Waals surface area contributed by atoms with Gasteiger partial charge in [0.05, 0.1) is 11.4 Å². The van der Waals surface area contributed by atoms with E-state index in [1.807, 2.05) is 0 Å². The number of para-hydroxylation sites is 1. The molecule has 0 saturated carbocycles. The van der Waals surface area contributed by atoms with Crippen LogP contribution in [0.5, 0.6) is 0 Å². The Kier molecular flexibility index (Phi) is 8.23. The number of fused-ring (bicyclic) bond motifs is 4. The van der Waals surface area contributed by atoms with Crippen LogP contribution in [0.4, 0.5) is 17.1 Å². The van der Waals surface area contributed by atoms with E-state index in [2.05, 4.69) is 231 Å². The van der Waals surface area contributed by atoms with E-state index in [4.69, 9.17) is 0 Å². The quantitative estimate of drug-likeness (QED) is 0.159. The highest BCUT2D eigenvalue weighted by Gasteiger charge is 2.37. The minimum Gasteiger partial charge on any atom is -0.309 e. The lowest BCUT2D eigenvalue weighted by Gasteiger charge is -2.32. The lowest BCUT2D eigenvalue weighted by atomic mass is 9.81. The number of hydrogen-bond acceptors (Lipinski definition) is 1. The zero-order valence-electron chi connectivity index (χ0n) is 31.7. The van der Waals surface area contributed by atoms with Gasteiger partial charge < -0.3 is 4.90 Å². The summed E-state index contributed by atoms with van der Waals surface area (Å²) in [5, 5.41) is 2.51. The van der Waals surface area contributed by atoms with Gasteiger partial charge >= 0.3 is 0 Å². The molecule has 0 fully saturated rings. The van der Waals surface area contributed by atoms with Gasteiger partial charge in [-0.1, -0.05) is 196 Å². The number of benzene rings is 9. The van der Waals surface area contributed by atoms with Crippen molar-refractivity contribution in [2.75, 3.05) is 4.90 Å². The predicted molar refractivity (Wildman–Crippen MR) is 238 cm³/mol. The van der Waals surface area contributed by atoms with Gasteiger partial charge in [-0.05, 0) is 96.7 Å². The van der Waals surface area contributed by atoms with Crippen LogP contribution in [0.3, 0.4) is 0 Å². The Balaban J connectivity index is 1.21. The minimum absolute atomic E-state index is 0.158. The van der Waals surface area contributed by atoms with Gasteiger partial charge in [-0.25, -0.2) is 0 Å². The summed E-state index contributed by atoms with van der Waals surface area (Å²) in [5.74, 6) is 0. The van der Waals surface area contributed by atoms with Crippen molar-refractivity contribution in [3.05, 3.63) is 223 Å². The van der Waals surface area contributed by atoms with E-state index in [0.29, 0.717) is 0 Å². The maximum absolute atomic E-state index is 2.49. The average Bonchev–Trinajstić information content (AvgIpc) is 3.49. The van der Waals surface area contributed by atoms with Gasteiger partial charge in [0.1, 0.15) is 0 Å². The first-order valence-electron chi connectivity index (χ1n) is 19.5. The molecule has 0 aliphatic heterocycles. The number of rotatable bonds is 7.